The molecule has 74 valence electrons. The third kappa shape index (κ3) is 1.16. The molecule has 0 fully saturated rings. The quantitative estimate of drug-likeness (QED) is 0.639. The Morgan fingerprint density at radius 1 is 1.20 bits per heavy atom. The molecule has 1 N–H and O–H groups in total. The van der Waals surface area contributed by atoms with Crippen molar-refractivity contribution >= 4 is 10.9 Å². The van der Waals surface area contributed by atoms with Gasteiger partial charge in [0.1, 0.15) is 0 Å². The van der Waals surface area contributed by atoms with Crippen LogP contribution in [0, 0.1) is 6.92 Å². The second-order valence-electron chi connectivity index (χ2n) is 3.59. The van der Waals surface area contributed by atoms with Crippen molar-refractivity contribution in [3.05, 3.63) is 48.4 Å². The number of para-hydroxylation sites is 1. The highest BCUT2D eigenvalue weighted by atomic mass is 15.3. The maximum absolute atomic E-state index is 4.27. The van der Waals surface area contributed by atoms with E-state index in [-0.39, 0.29) is 0 Å². The summed E-state index contributed by atoms with van der Waals surface area (Å²) in [5, 5.41) is 5.47. The summed E-state index contributed by atoms with van der Waals surface area (Å²) in [6, 6.07) is 10.2. The van der Waals surface area contributed by atoms with Crippen molar-refractivity contribution in [1.29, 1.82) is 0 Å². The van der Waals surface area contributed by atoms with Gasteiger partial charge in [0.25, 0.3) is 0 Å². The van der Waals surface area contributed by atoms with Gasteiger partial charge in [-0.2, -0.15) is 5.10 Å². The first-order chi connectivity index (χ1) is 7.36. The van der Waals surface area contributed by atoms with E-state index in [0.717, 1.165) is 16.9 Å². The molecule has 3 heteroatoms. The lowest BCUT2D eigenvalue weighted by atomic mass is 10.2. The third-order valence-corrected chi connectivity index (χ3v) is 2.59. The second kappa shape index (κ2) is 2.98. The zero-order valence-electron chi connectivity index (χ0n) is 8.44. The topological polar surface area (TPSA) is 33.6 Å². The van der Waals surface area contributed by atoms with Crippen LogP contribution >= 0.6 is 0 Å². The molecule has 0 atom stereocenters. The van der Waals surface area contributed by atoms with Gasteiger partial charge in [0, 0.05) is 29.0 Å². The highest BCUT2D eigenvalue weighted by Gasteiger charge is 2.08. The van der Waals surface area contributed by atoms with Crippen molar-refractivity contribution in [3.63, 3.8) is 0 Å². The Morgan fingerprint density at radius 3 is 2.87 bits per heavy atom. The smallest absolute Gasteiger partial charge is 0.0928 e. The Labute approximate surface area is 87.4 Å². The Hall–Kier alpha value is -2.03. The van der Waals surface area contributed by atoms with E-state index in [2.05, 4.69) is 29.1 Å². The van der Waals surface area contributed by atoms with Gasteiger partial charge in [0.2, 0.25) is 0 Å². The van der Waals surface area contributed by atoms with Crippen molar-refractivity contribution in [2.75, 3.05) is 0 Å². The number of fused-ring (bicyclic) bond motifs is 1. The molecule has 0 spiro atoms. The van der Waals surface area contributed by atoms with Gasteiger partial charge in [-0.05, 0) is 19.1 Å². The Balaban J connectivity index is 2.39. The molecule has 0 radical (unpaired) electrons. The van der Waals surface area contributed by atoms with Gasteiger partial charge in [-0.15, -0.1) is 0 Å². The van der Waals surface area contributed by atoms with Crippen LogP contribution < -0.4 is 0 Å². The maximum atomic E-state index is 4.27. The van der Waals surface area contributed by atoms with E-state index in [1.807, 2.05) is 29.1 Å². The normalized spacial score (nSPS) is 11.0. The summed E-state index contributed by atoms with van der Waals surface area (Å²) in [5.41, 5.74) is 3.43. The highest BCUT2D eigenvalue weighted by Crippen LogP contribution is 2.24. The SMILES string of the molecule is Cc1[nH]c2ccccc2c1-n1cccn1. The first-order valence-corrected chi connectivity index (χ1v) is 4.93. The Morgan fingerprint density at radius 2 is 2.07 bits per heavy atom. The number of rotatable bonds is 1. The molecule has 0 saturated carbocycles. The van der Waals surface area contributed by atoms with Gasteiger partial charge in [0.15, 0.2) is 0 Å². The number of aromatic nitrogens is 3. The predicted molar refractivity (Wildman–Crippen MR) is 60.2 cm³/mol. The minimum atomic E-state index is 1.13. The zero-order chi connectivity index (χ0) is 10.3. The van der Waals surface area contributed by atoms with E-state index in [4.69, 9.17) is 0 Å². The third-order valence-electron chi connectivity index (χ3n) is 2.59. The van der Waals surface area contributed by atoms with Gasteiger partial charge >= 0.3 is 0 Å². The van der Waals surface area contributed by atoms with Gasteiger partial charge < -0.3 is 4.98 Å². The summed E-state index contributed by atoms with van der Waals surface area (Å²) in [6.45, 7) is 2.07. The number of hydrogen-bond acceptors (Lipinski definition) is 1. The summed E-state index contributed by atoms with van der Waals surface area (Å²) >= 11 is 0. The summed E-state index contributed by atoms with van der Waals surface area (Å²) in [5.74, 6) is 0. The molecule has 0 saturated heterocycles. The number of benzene rings is 1. The second-order valence-corrected chi connectivity index (χ2v) is 3.59. The molecular formula is C12H11N3. The molecule has 2 heterocycles. The monoisotopic (exact) mass is 197 g/mol. The Bertz CT molecular complexity index is 590. The number of nitrogens with zero attached hydrogens (tertiary/aromatic N) is 2. The van der Waals surface area contributed by atoms with Crippen molar-refractivity contribution in [1.82, 2.24) is 14.8 Å². The van der Waals surface area contributed by atoms with E-state index >= 15 is 0 Å². The fourth-order valence-electron chi connectivity index (χ4n) is 1.96. The largest absolute Gasteiger partial charge is 0.357 e. The first-order valence-electron chi connectivity index (χ1n) is 4.93. The predicted octanol–water partition coefficient (Wildman–Crippen LogP) is 2.66. The molecule has 0 aliphatic heterocycles. The fourth-order valence-corrected chi connectivity index (χ4v) is 1.96. The van der Waals surface area contributed by atoms with Crippen LogP contribution in [0.1, 0.15) is 5.69 Å². The molecule has 3 rings (SSSR count). The van der Waals surface area contributed by atoms with E-state index in [0.29, 0.717) is 0 Å². The van der Waals surface area contributed by atoms with Crippen molar-refractivity contribution in [3.8, 4) is 5.69 Å². The molecule has 3 aromatic rings. The standard InChI is InChI=1S/C12H11N3/c1-9-12(15-8-4-7-13-15)10-5-2-3-6-11(10)14-9/h2-8,14H,1H3. The number of aryl methyl sites for hydroxylation is 1. The average molecular weight is 197 g/mol. The van der Waals surface area contributed by atoms with Gasteiger partial charge in [-0.25, -0.2) is 4.68 Å². The highest BCUT2D eigenvalue weighted by molar-refractivity contribution is 5.89. The van der Waals surface area contributed by atoms with E-state index in [1.54, 1.807) is 6.20 Å². The molecule has 0 unspecified atom stereocenters. The van der Waals surface area contributed by atoms with Gasteiger partial charge in [-0.3, -0.25) is 0 Å². The van der Waals surface area contributed by atoms with Crippen molar-refractivity contribution in [2.45, 2.75) is 6.92 Å². The minimum absolute atomic E-state index is 1.13. The molecule has 0 amide bonds. The minimum Gasteiger partial charge on any atom is -0.357 e. The summed E-state index contributed by atoms with van der Waals surface area (Å²) < 4.78 is 1.90. The number of hydrogen-bond donors (Lipinski definition) is 1. The molecule has 3 nitrogen and oxygen atoms in total. The fraction of sp³-hybridized carbons (Fsp3) is 0.0833. The van der Waals surface area contributed by atoms with Crippen molar-refractivity contribution < 1.29 is 0 Å². The van der Waals surface area contributed by atoms with Crippen LogP contribution in [-0.2, 0) is 0 Å². The number of nitrogens with one attached hydrogen (secondary N) is 1. The lowest BCUT2D eigenvalue weighted by molar-refractivity contribution is 0.878. The number of H-pyrrole nitrogens is 1. The van der Waals surface area contributed by atoms with Gasteiger partial charge in [0.05, 0.1) is 5.69 Å². The van der Waals surface area contributed by atoms with Crippen LogP contribution in [0.3, 0.4) is 0 Å². The Kier molecular flexibility index (Phi) is 1.65. The molecule has 1 aromatic carbocycles. The molecular weight excluding hydrogens is 186 g/mol. The van der Waals surface area contributed by atoms with Gasteiger partial charge in [-0.1, -0.05) is 18.2 Å². The number of aromatic amines is 1. The van der Waals surface area contributed by atoms with E-state index < -0.39 is 0 Å². The van der Waals surface area contributed by atoms with Crippen LogP contribution in [0.15, 0.2) is 42.7 Å². The summed E-state index contributed by atoms with van der Waals surface area (Å²) in [7, 11) is 0. The van der Waals surface area contributed by atoms with Crippen molar-refractivity contribution in [2.24, 2.45) is 0 Å². The van der Waals surface area contributed by atoms with Crippen LogP contribution in [0.4, 0.5) is 0 Å². The van der Waals surface area contributed by atoms with Crippen LogP contribution in [0.5, 0.6) is 0 Å². The maximum Gasteiger partial charge on any atom is 0.0928 e. The summed E-state index contributed by atoms with van der Waals surface area (Å²) in [6.07, 6.45) is 3.75. The van der Waals surface area contributed by atoms with E-state index in [1.165, 1.54) is 5.39 Å². The first kappa shape index (κ1) is 8.29. The lowest BCUT2D eigenvalue weighted by Gasteiger charge is -2.00. The molecule has 0 aliphatic rings. The lowest BCUT2D eigenvalue weighted by Crippen LogP contribution is -1.94. The van der Waals surface area contributed by atoms with E-state index in [9.17, 15) is 0 Å². The molecule has 2 aromatic heterocycles. The van der Waals surface area contributed by atoms with Crippen LogP contribution in [0.25, 0.3) is 16.6 Å². The molecule has 0 bridgehead atoms. The van der Waals surface area contributed by atoms with Crippen LogP contribution in [0.2, 0.25) is 0 Å². The summed E-state index contributed by atoms with van der Waals surface area (Å²) in [4.78, 5) is 3.35. The molecule has 15 heavy (non-hydrogen) atoms. The average Bonchev–Trinajstić information content (AvgIpc) is 2.82. The molecule has 0 aliphatic carbocycles. The zero-order valence-corrected chi connectivity index (χ0v) is 8.44. The van der Waals surface area contributed by atoms with Crippen LogP contribution in [-0.4, -0.2) is 14.8 Å².